The van der Waals surface area contributed by atoms with Crippen LogP contribution in [0.1, 0.15) is 5.56 Å². The van der Waals surface area contributed by atoms with E-state index in [0.29, 0.717) is 0 Å². The van der Waals surface area contributed by atoms with Gasteiger partial charge in [0, 0.05) is 11.6 Å². The van der Waals surface area contributed by atoms with Gasteiger partial charge in [0.1, 0.15) is 0 Å². The molecule has 0 radical (unpaired) electrons. The number of ether oxygens (including phenoxy) is 1. The summed E-state index contributed by atoms with van der Waals surface area (Å²) in [6.45, 7) is -3.04. The molecule has 0 spiro atoms. The zero-order chi connectivity index (χ0) is 14.8. The second-order valence-corrected chi connectivity index (χ2v) is 3.82. The Bertz CT molecular complexity index is 597. The summed E-state index contributed by atoms with van der Waals surface area (Å²) in [5.74, 6) is -0.352. The number of halogens is 5. The second-order valence-electron chi connectivity index (χ2n) is 3.82. The minimum atomic E-state index is -4.48. The van der Waals surface area contributed by atoms with Crippen molar-refractivity contribution >= 4 is 0 Å². The fraction of sp³-hybridized carbons (Fsp3) is 0.154. The molecule has 106 valence electrons. The molecule has 0 amide bonds. The first kappa shape index (κ1) is 14.2. The van der Waals surface area contributed by atoms with Crippen LogP contribution in [0.15, 0.2) is 42.5 Å². The molecule has 0 fully saturated rings. The molecule has 2 rings (SSSR count). The van der Waals surface area contributed by atoms with Gasteiger partial charge in [-0.25, -0.2) is 4.98 Å². The number of hydrogen-bond donors (Lipinski definition) is 0. The van der Waals surface area contributed by atoms with Gasteiger partial charge in [-0.1, -0.05) is 18.2 Å². The van der Waals surface area contributed by atoms with Crippen LogP contribution in [0.5, 0.6) is 5.88 Å². The summed E-state index contributed by atoms with van der Waals surface area (Å²) in [4.78, 5) is 3.74. The van der Waals surface area contributed by atoms with Gasteiger partial charge in [0.15, 0.2) is 0 Å². The number of hydrogen-bond acceptors (Lipinski definition) is 2. The molecule has 20 heavy (non-hydrogen) atoms. The van der Waals surface area contributed by atoms with Gasteiger partial charge < -0.3 is 4.74 Å². The summed E-state index contributed by atoms with van der Waals surface area (Å²) in [6.07, 6.45) is -4.48. The Balaban J connectivity index is 2.36. The Hall–Kier alpha value is -2.18. The molecular weight excluding hydrogens is 281 g/mol. The van der Waals surface area contributed by atoms with Crippen molar-refractivity contribution in [1.29, 1.82) is 0 Å². The van der Waals surface area contributed by atoms with Crippen LogP contribution >= 0.6 is 0 Å². The smallest absolute Gasteiger partial charge is 0.416 e. The highest BCUT2D eigenvalue weighted by molar-refractivity contribution is 5.60. The van der Waals surface area contributed by atoms with E-state index in [4.69, 9.17) is 0 Å². The quantitative estimate of drug-likeness (QED) is 0.783. The minimum absolute atomic E-state index is 0.120. The molecule has 0 saturated carbocycles. The predicted molar refractivity (Wildman–Crippen MR) is 61.3 cm³/mol. The number of pyridine rings is 1. The van der Waals surface area contributed by atoms with E-state index in [1.165, 1.54) is 30.3 Å². The topological polar surface area (TPSA) is 22.1 Å². The number of rotatable bonds is 3. The second kappa shape index (κ2) is 5.44. The van der Waals surface area contributed by atoms with E-state index >= 15 is 0 Å². The largest absolute Gasteiger partial charge is 0.417 e. The SMILES string of the molecule is FC(F)Oc1cccc(-c2cccc(C(F)(F)F)c2)n1. The highest BCUT2D eigenvalue weighted by Crippen LogP contribution is 2.32. The maximum atomic E-state index is 12.6. The van der Waals surface area contributed by atoms with Crippen LogP contribution in [-0.4, -0.2) is 11.6 Å². The van der Waals surface area contributed by atoms with Gasteiger partial charge in [0.05, 0.1) is 11.3 Å². The van der Waals surface area contributed by atoms with Crippen molar-refractivity contribution in [3.8, 4) is 17.1 Å². The highest BCUT2D eigenvalue weighted by atomic mass is 19.4. The van der Waals surface area contributed by atoms with Gasteiger partial charge >= 0.3 is 12.8 Å². The molecule has 2 aromatic rings. The summed E-state index contributed by atoms with van der Waals surface area (Å²) in [7, 11) is 0. The molecule has 7 heteroatoms. The van der Waals surface area contributed by atoms with Crippen LogP contribution < -0.4 is 4.74 Å². The molecule has 0 aliphatic rings. The summed E-state index contributed by atoms with van der Waals surface area (Å²) in [6, 6.07) is 8.43. The van der Waals surface area contributed by atoms with E-state index in [1.54, 1.807) is 0 Å². The molecular formula is C13H8F5NO. The average Bonchev–Trinajstić information content (AvgIpc) is 2.37. The van der Waals surface area contributed by atoms with E-state index in [0.717, 1.165) is 12.1 Å². The van der Waals surface area contributed by atoms with E-state index in [9.17, 15) is 22.0 Å². The molecule has 0 N–H and O–H groups in total. The molecule has 1 aromatic heterocycles. The lowest BCUT2D eigenvalue weighted by Crippen LogP contribution is -2.05. The number of alkyl halides is 5. The summed E-state index contributed by atoms with van der Waals surface area (Å²) < 4.78 is 66.0. The number of nitrogens with zero attached hydrogens (tertiary/aromatic N) is 1. The molecule has 2 nitrogen and oxygen atoms in total. The number of benzene rings is 1. The Labute approximate surface area is 110 Å². The molecule has 0 atom stereocenters. The maximum absolute atomic E-state index is 12.6. The lowest BCUT2D eigenvalue weighted by Gasteiger charge is -2.09. The van der Waals surface area contributed by atoms with Crippen LogP contribution in [0.3, 0.4) is 0 Å². The average molecular weight is 289 g/mol. The van der Waals surface area contributed by atoms with Gasteiger partial charge in [-0.3, -0.25) is 0 Å². The van der Waals surface area contributed by atoms with Crippen LogP contribution in [-0.2, 0) is 6.18 Å². The number of aromatic nitrogens is 1. The summed E-state index contributed by atoms with van der Waals surface area (Å²) >= 11 is 0. The van der Waals surface area contributed by atoms with Crippen LogP contribution in [0.2, 0.25) is 0 Å². The fourth-order valence-electron chi connectivity index (χ4n) is 1.59. The maximum Gasteiger partial charge on any atom is 0.416 e. The Morgan fingerprint density at radius 2 is 1.70 bits per heavy atom. The van der Waals surface area contributed by atoms with Gasteiger partial charge in [-0.05, 0) is 18.2 Å². The van der Waals surface area contributed by atoms with Crippen LogP contribution in [0.25, 0.3) is 11.3 Å². The molecule has 0 aliphatic carbocycles. The molecule has 0 unspecified atom stereocenters. The predicted octanol–water partition coefficient (Wildman–Crippen LogP) is 4.37. The molecule has 1 aromatic carbocycles. The third kappa shape index (κ3) is 3.43. The van der Waals surface area contributed by atoms with Gasteiger partial charge in [0.2, 0.25) is 5.88 Å². The molecule has 0 aliphatic heterocycles. The van der Waals surface area contributed by atoms with Gasteiger partial charge in [-0.2, -0.15) is 22.0 Å². The third-order valence-electron chi connectivity index (χ3n) is 2.42. The first-order valence-electron chi connectivity index (χ1n) is 5.46. The van der Waals surface area contributed by atoms with E-state index in [-0.39, 0.29) is 17.1 Å². The lowest BCUT2D eigenvalue weighted by molar-refractivity contribution is -0.137. The monoisotopic (exact) mass is 289 g/mol. The highest BCUT2D eigenvalue weighted by Gasteiger charge is 2.30. The van der Waals surface area contributed by atoms with Crippen molar-refractivity contribution in [2.45, 2.75) is 12.8 Å². The first-order chi connectivity index (χ1) is 9.36. The summed E-state index contributed by atoms with van der Waals surface area (Å²) in [5, 5.41) is 0. The molecule has 0 saturated heterocycles. The summed E-state index contributed by atoms with van der Waals surface area (Å²) in [5.41, 5.74) is -0.550. The standard InChI is InChI=1S/C13H8F5NO/c14-12(15)20-11-6-2-5-10(19-11)8-3-1-4-9(7-8)13(16,17)18/h1-7,12H. The van der Waals surface area contributed by atoms with E-state index in [2.05, 4.69) is 9.72 Å². The normalized spacial score (nSPS) is 11.7. The Morgan fingerprint density at radius 3 is 2.35 bits per heavy atom. The lowest BCUT2D eigenvalue weighted by atomic mass is 10.1. The minimum Gasteiger partial charge on any atom is -0.417 e. The van der Waals surface area contributed by atoms with Crippen LogP contribution in [0, 0.1) is 0 Å². The van der Waals surface area contributed by atoms with Crippen molar-refractivity contribution < 1.29 is 26.7 Å². The van der Waals surface area contributed by atoms with Crippen molar-refractivity contribution in [3.63, 3.8) is 0 Å². The van der Waals surface area contributed by atoms with Crippen molar-refractivity contribution in [3.05, 3.63) is 48.0 Å². The van der Waals surface area contributed by atoms with E-state index in [1.807, 2.05) is 0 Å². The van der Waals surface area contributed by atoms with Gasteiger partial charge in [0.25, 0.3) is 0 Å². The molecule has 1 heterocycles. The zero-order valence-corrected chi connectivity index (χ0v) is 9.86. The fourth-order valence-corrected chi connectivity index (χ4v) is 1.59. The van der Waals surface area contributed by atoms with Gasteiger partial charge in [-0.15, -0.1) is 0 Å². The Morgan fingerprint density at radius 1 is 1.00 bits per heavy atom. The zero-order valence-electron chi connectivity index (χ0n) is 9.86. The first-order valence-corrected chi connectivity index (χ1v) is 5.46. The van der Waals surface area contributed by atoms with E-state index < -0.39 is 18.4 Å². The molecule has 0 bridgehead atoms. The Kier molecular flexibility index (Phi) is 3.87. The third-order valence-corrected chi connectivity index (χ3v) is 2.42. The van der Waals surface area contributed by atoms with Crippen molar-refractivity contribution in [2.75, 3.05) is 0 Å². The van der Waals surface area contributed by atoms with Crippen molar-refractivity contribution in [2.24, 2.45) is 0 Å². The van der Waals surface area contributed by atoms with Crippen molar-refractivity contribution in [1.82, 2.24) is 4.98 Å². The van der Waals surface area contributed by atoms with Crippen LogP contribution in [0.4, 0.5) is 22.0 Å².